The summed E-state index contributed by atoms with van der Waals surface area (Å²) in [6.07, 6.45) is 5.12. The molecule has 142 valence electrons. The van der Waals surface area contributed by atoms with Crippen molar-refractivity contribution in [3.8, 4) is 0 Å². The van der Waals surface area contributed by atoms with Gasteiger partial charge >= 0.3 is 5.69 Å². The molecule has 4 aromatic rings. The zero-order chi connectivity index (χ0) is 17.4. The molecule has 9 heteroatoms. The van der Waals surface area contributed by atoms with E-state index in [1.807, 2.05) is 37.4 Å². The minimum Gasteiger partial charge on any atom is -0.363 e. The Hall–Kier alpha value is -2.64. The third kappa shape index (κ3) is 3.74. The lowest BCUT2D eigenvalue weighted by Gasteiger charge is -2.15. The lowest BCUT2D eigenvalue weighted by Crippen LogP contribution is -2.14. The number of halogens is 2. The fraction of sp³-hybridized carbons (Fsp3) is 0.222. The largest absolute Gasteiger partial charge is 0.363 e. The van der Waals surface area contributed by atoms with Crippen LogP contribution in [0.1, 0.15) is 25.5 Å². The fourth-order valence-electron chi connectivity index (χ4n) is 3.06. The molecule has 27 heavy (non-hydrogen) atoms. The van der Waals surface area contributed by atoms with Gasteiger partial charge in [-0.1, -0.05) is 6.07 Å². The lowest BCUT2D eigenvalue weighted by atomic mass is 10.1. The SMILES string of the molecule is CCn1c(=O)[nH]c2cc3c(NC(C)c4cccnc4)ncnc3cc21.Cl.Cl. The van der Waals surface area contributed by atoms with Gasteiger partial charge in [-0.2, -0.15) is 0 Å². The maximum absolute atomic E-state index is 12.0. The second-order valence-electron chi connectivity index (χ2n) is 5.94. The number of imidazole rings is 1. The minimum atomic E-state index is -0.112. The van der Waals surface area contributed by atoms with Crippen LogP contribution in [0.15, 0.2) is 47.8 Å². The standard InChI is InChI=1S/C18H18N6O.2ClH/c1-3-24-16-8-14-13(7-15(16)23-18(24)25)17(21-10-20-14)22-11(2)12-5-4-6-19-9-12;;/h4-11H,3H2,1-2H3,(H,23,25)(H,20,21,22);2*1H. The number of nitrogens with one attached hydrogen (secondary N) is 2. The number of nitrogens with zero attached hydrogens (tertiary/aromatic N) is 4. The van der Waals surface area contributed by atoms with Crippen molar-refractivity contribution < 1.29 is 0 Å². The number of fused-ring (bicyclic) bond motifs is 2. The average molecular weight is 407 g/mol. The van der Waals surface area contributed by atoms with Gasteiger partial charge in [-0.25, -0.2) is 14.8 Å². The topological polar surface area (TPSA) is 88.5 Å². The maximum atomic E-state index is 12.0. The summed E-state index contributed by atoms with van der Waals surface area (Å²) in [7, 11) is 0. The van der Waals surface area contributed by atoms with Gasteiger partial charge in [-0.3, -0.25) is 9.55 Å². The molecule has 0 spiro atoms. The number of aryl methyl sites for hydroxylation is 1. The summed E-state index contributed by atoms with van der Waals surface area (Å²) in [4.78, 5) is 27.8. The van der Waals surface area contributed by atoms with Crippen LogP contribution in [0, 0.1) is 0 Å². The molecular formula is C18H20Cl2N6O. The average Bonchev–Trinajstić information content (AvgIpc) is 2.95. The van der Waals surface area contributed by atoms with Crippen LogP contribution >= 0.6 is 24.8 Å². The van der Waals surface area contributed by atoms with E-state index in [9.17, 15) is 4.79 Å². The summed E-state index contributed by atoms with van der Waals surface area (Å²) in [6.45, 7) is 4.61. The first-order valence-corrected chi connectivity index (χ1v) is 8.21. The van der Waals surface area contributed by atoms with E-state index < -0.39 is 0 Å². The zero-order valence-electron chi connectivity index (χ0n) is 14.8. The number of hydrogen-bond donors (Lipinski definition) is 2. The van der Waals surface area contributed by atoms with E-state index in [2.05, 4.69) is 32.2 Å². The Morgan fingerprint density at radius 3 is 2.78 bits per heavy atom. The number of benzene rings is 1. The molecule has 0 aliphatic carbocycles. The second-order valence-corrected chi connectivity index (χ2v) is 5.94. The molecule has 3 heterocycles. The highest BCUT2D eigenvalue weighted by Crippen LogP contribution is 2.26. The van der Waals surface area contributed by atoms with Crippen molar-refractivity contribution >= 4 is 52.6 Å². The number of aromatic amines is 1. The molecule has 1 aromatic carbocycles. The van der Waals surface area contributed by atoms with Gasteiger partial charge in [0.05, 0.1) is 22.6 Å². The van der Waals surface area contributed by atoms with Crippen LogP contribution < -0.4 is 11.0 Å². The number of H-pyrrole nitrogens is 1. The van der Waals surface area contributed by atoms with E-state index in [4.69, 9.17) is 0 Å². The van der Waals surface area contributed by atoms with Gasteiger partial charge in [0.2, 0.25) is 0 Å². The number of rotatable bonds is 4. The molecule has 1 atom stereocenters. The number of anilines is 1. The first-order chi connectivity index (χ1) is 12.2. The number of aromatic nitrogens is 5. The molecule has 3 aromatic heterocycles. The van der Waals surface area contributed by atoms with Crippen LogP contribution in [0.25, 0.3) is 21.9 Å². The first kappa shape index (κ1) is 20.7. The molecule has 0 aliphatic heterocycles. The van der Waals surface area contributed by atoms with Gasteiger partial charge < -0.3 is 10.3 Å². The van der Waals surface area contributed by atoms with Crippen molar-refractivity contribution in [3.63, 3.8) is 0 Å². The third-order valence-corrected chi connectivity index (χ3v) is 4.38. The highest BCUT2D eigenvalue weighted by molar-refractivity contribution is 5.98. The van der Waals surface area contributed by atoms with Gasteiger partial charge in [0.15, 0.2) is 0 Å². The molecule has 0 saturated carbocycles. The number of hydrogen-bond acceptors (Lipinski definition) is 5. The Kier molecular flexibility index (Phi) is 6.41. The quantitative estimate of drug-likeness (QED) is 0.539. The van der Waals surface area contributed by atoms with Crippen molar-refractivity contribution in [2.75, 3.05) is 5.32 Å². The van der Waals surface area contributed by atoms with Gasteiger partial charge in [0.1, 0.15) is 12.1 Å². The maximum Gasteiger partial charge on any atom is 0.326 e. The highest BCUT2D eigenvalue weighted by Gasteiger charge is 2.13. The molecule has 0 radical (unpaired) electrons. The summed E-state index contributed by atoms with van der Waals surface area (Å²) in [6, 6.07) is 7.82. The summed E-state index contributed by atoms with van der Waals surface area (Å²) in [5, 5.41) is 4.28. The van der Waals surface area contributed by atoms with Gasteiger partial charge in [-0.05, 0) is 37.6 Å². The summed E-state index contributed by atoms with van der Waals surface area (Å²) in [5.74, 6) is 0.730. The molecular weight excluding hydrogens is 387 g/mol. The Bertz CT molecular complexity index is 1110. The zero-order valence-corrected chi connectivity index (χ0v) is 16.5. The Balaban J connectivity index is 0.00000131. The second kappa shape index (κ2) is 8.37. The first-order valence-electron chi connectivity index (χ1n) is 8.21. The Morgan fingerprint density at radius 1 is 1.26 bits per heavy atom. The third-order valence-electron chi connectivity index (χ3n) is 4.38. The smallest absolute Gasteiger partial charge is 0.326 e. The van der Waals surface area contributed by atoms with Crippen LogP contribution in [0.3, 0.4) is 0 Å². The molecule has 2 N–H and O–H groups in total. The summed E-state index contributed by atoms with van der Waals surface area (Å²) >= 11 is 0. The van der Waals surface area contributed by atoms with Crippen molar-refractivity contribution in [3.05, 3.63) is 59.0 Å². The summed E-state index contributed by atoms with van der Waals surface area (Å²) in [5.41, 5.74) is 3.39. The highest BCUT2D eigenvalue weighted by atomic mass is 35.5. The molecule has 0 aliphatic rings. The van der Waals surface area contributed by atoms with Crippen LogP contribution in [0.4, 0.5) is 5.82 Å². The van der Waals surface area contributed by atoms with Crippen LogP contribution in [0.5, 0.6) is 0 Å². The Morgan fingerprint density at radius 2 is 2.07 bits per heavy atom. The van der Waals surface area contributed by atoms with Crippen molar-refractivity contribution in [1.29, 1.82) is 0 Å². The summed E-state index contributed by atoms with van der Waals surface area (Å²) < 4.78 is 1.70. The molecule has 0 amide bonds. The monoisotopic (exact) mass is 406 g/mol. The van der Waals surface area contributed by atoms with Crippen LogP contribution in [-0.4, -0.2) is 24.5 Å². The predicted octanol–water partition coefficient (Wildman–Crippen LogP) is 3.70. The van der Waals surface area contributed by atoms with Crippen LogP contribution in [0.2, 0.25) is 0 Å². The molecule has 4 rings (SSSR count). The van der Waals surface area contributed by atoms with Crippen molar-refractivity contribution in [2.24, 2.45) is 0 Å². The fourth-order valence-corrected chi connectivity index (χ4v) is 3.06. The number of pyridine rings is 1. The Labute approximate surface area is 168 Å². The van der Waals surface area contributed by atoms with Crippen molar-refractivity contribution in [2.45, 2.75) is 26.4 Å². The van der Waals surface area contributed by atoms with Crippen molar-refractivity contribution in [1.82, 2.24) is 24.5 Å². The molecule has 0 saturated heterocycles. The molecule has 0 fully saturated rings. The van der Waals surface area contributed by atoms with Gasteiger partial charge in [-0.15, -0.1) is 24.8 Å². The minimum absolute atomic E-state index is 0. The molecule has 7 nitrogen and oxygen atoms in total. The van der Waals surface area contributed by atoms with E-state index in [-0.39, 0.29) is 36.5 Å². The van der Waals surface area contributed by atoms with E-state index in [0.29, 0.717) is 6.54 Å². The predicted molar refractivity (Wildman–Crippen MR) is 112 cm³/mol. The molecule has 1 unspecified atom stereocenters. The van der Waals surface area contributed by atoms with Gasteiger partial charge in [0, 0.05) is 24.3 Å². The van der Waals surface area contributed by atoms with Gasteiger partial charge in [0.25, 0.3) is 0 Å². The van der Waals surface area contributed by atoms with Crippen LogP contribution in [-0.2, 0) is 6.54 Å². The van der Waals surface area contributed by atoms with E-state index >= 15 is 0 Å². The normalized spacial score (nSPS) is 11.6. The lowest BCUT2D eigenvalue weighted by molar-refractivity contribution is 0.753. The van der Waals surface area contributed by atoms with E-state index in [1.165, 1.54) is 6.33 Å². The van der Waals surface area contributed by atoms with E-state index in [1.54, 1.807) is 10.8 Å². The molecule has 0 bridgehead atoms. The van der Waals surface area contributed by atoms with E-state index in [0.717, 1.165) is 33.3 Å².